The number of nitrogen functional groups attached to an aromatic ring is 1. The molecule has 1 aromatic carbocycles. The molecule has 1 heterocycles. The highest BCUT2D eigenvalue weighted by Gasteiger charge is 2.17. The highest BCUT2D eigenvalue weighted by Crippen LogP contribution is 2.10. The number of nitrogens with one attached hydrogen (secondary N) is 1. The molecular weight excluding hydrogens is 228 g/mol. The number of aliphatic hydroxyl groups is 1. The minimum absolute atomic E-state index is 0.167. The molecule has 0 amide bonds. The summed E-state index contributed by atoms with van der Waals surface area (Å²) < 4.78 is 0. The Labute approximate surface area is 108 Å². The zero-order valence-corrected chi connectivity index (χ0v) is 10.7. The summed E-state index contributed by atoms with van der Waals surface area (Å²) in [6.07, 6.45) is 1.10. The summed E-state index contributed by atoms with van der Waals surface area (Å²) in [5, 5.41) is 12.4. The van der Waals surface area contributed by atoms with E-state index in [1.807, 2.05) is 29.2 Å². The van der Waals surface area contributed by atoms with Gasteiger partial charge in [0.05, 0.1) is 13.4 Å². The third-order valence-corrected chi connectivity index (χ3v) is 3.22. The lowest BCUT2D eigenvalue weighted by Gasteiger charge is -2.16. The Balaban J connectivity index is 1.60. The molecule has 1 aromatic rings. The van der Waals surface area contributed by atoms with Crippen molar-refractivity contribution < 1.29 is 5.11 Å². The molecule has 0 aliphatic carbocycles. The Kier molecular flexibility index (Phi) is 4.81. The molecule has 2 rings (SSSR count). The molecule has 0 bridgehead atoms. The molecule has 1 aliphatic heterocycles. The van der Waals surface area contributed by atoms with Crippen molar-refractivity contribution in [3.05, 3.63) is 24.3 Å². The van der Waals surface area contributed by atoms with E-state index in [0.29, 0.717) is 0 Å². The minimum Gasteiger partial charge on any atom is -0.399 e. The largest absolute Gasteiger partial charge is 0.399 e. The molecule has 0 aromatic heterocycles. The van der Waals surface area contributed by atoms with Gasteiger partial charge in [-0.25, -0.2) is 0 Å². The van der Waals surface area contributed by atoms with Crippen LogP contribution in [-0.4, -0.2) is 54.5 Å². The van der Waals surface area contributed by atoms with Crippen molar-refractivity contribution in [3.8, 4) is 0 Å². The summed E-state index contributed by atoms with van der Waals surface area (Å²) >= 11 is 0. The van der Waals surface area contributed by atoms with Gasteiger partial charge in [-0.15, -0.1) is 0 Å². The molecule has 0 radical (unpaired) electrons. The molecule has 1 fully saturated rings. The van der Waals surface area contributed by atoms with Crippen molar-refractivity contribution in [2.24, 2.45) is 0 Å². The summed E-state index contributed by atoms with van der Waals surface area (Å²) in [6.45, 7) is 5.11. The minimum atomic E-state index is 0.167. The van der Waals surface area contributed by atoms with Crippen LogP contribution in [-0.2, 0) is 0 Å². The number of aliphatic hydroxyl groups excluding tert-OH is 1. The maximum atomic E-state index is 9.00. The number of anilines is 2. The van der Waals surface area contributed by atoms with E-state index in [-0.39, 0.29) is 6.73 Å². The van der Waals surface area contributed by atoms with Crippen LogP contribution >= 0.6 is 0 Å². The fourth-order valence-corrected chi connectivity index (χ4v) is 2.14. The predicted molar refractivity (Wildman–Crippen MR) is 74.2 cm³/mol. The number of rotatable bonds is 6. The summed E-state index contributed by atoms with van der Waals surface area (Å²) in [7, 11) is 0. The molecule has 1 aliphatic rings. The van der Waals surface area contributed by atoms with E-state index in [2.05, 4.69) is 10.2 Å². The summed E-state index contributed by atoms with van der Waals surface area (Å²) in [5.41, 5.74) is 7.54. The molecule has 18 heavy (non-hydrogen) atoms. The third-order valence-electron chi connectivity index (χ3n) is 3.22. The van der Waals surface area contributed by atoms with Crippen LogP contribution in [0.15, 0.2) is 24.3 Å². The molecule has 4 N–H and O–H groups in total. The highest BCUT2D eigenvalue weighted by atomic mass is 16.3. The van der Waals surface area contributed by atoms with Gasteiger partial charge < -0.3 is 16.2 Å². The second-order valence-corrected chi connectivity index (χ2v) is 4.70. The Hall–Kier alpha value is -1.30. The van der Waals surface area contributed by atoms with E-state index in [0.717, 1.165) is 50.6 Å². The van der Waals surface area contributed by atoms with Crippen molar-refractivity contribution >= 4 is 11.4 Å². The van der Waals surface area contributed by atoms with Crippen LogP contribution in [0.1, 0.15) is 6.42 Å². The van der Waals surface area contributed by atoms with Gasteiger partial charge in [0.1, 0.15) is 0 Å². The molecule has 1 saturated heterocycles. The summed E-state index contributed by atoms with van der Waals surface area (Å²) in [5.74, 6) is 0. The third kappa shape index (κ3) is 3.87. The van der Waals surface area contributed by atoms with Crippen molar-refractivity contribution in [3.63, 3.8) is 0 Å². The lowest BCUT2D eigenvalue weighted by molar-refractivity contribution is 0.111. The number of hydrogen-bond acceptors (Lipinski definition) is 5. The van der Waals surface area contributed by atoms with Crippen LogP contribution in [0.25, 0.3) is 0 Å². The van der Waals surface area contributed by atoms with Gasteiger partial charge in [0.25, 0.3) is 0 Å². The molecule has 0 spiro atoms. The first-order valence-corrected chi connectivity index (χ1v) is 6.43. The topological polar surface area (TPSA) is 64.8 Å². The number of nitrogens with zero attached hydrogens (tertiary/aromatic N) is 2. The van der Waals surface area contributed by atoms with Crippen LogP contribution in [0.3, 0.4) is 0 Å². The van der Waals surface area contributed by atoms with Gasteiger partial charge in [-0.1, -0.05) is 0 Å². The van der Waals surface area contributed by atoms with Crippen molar-refractivity contribution in [1.29, 1.82) is 0 Å². The molecule has 100 valence electrons. The quantitative estimate of drug-likeness (QED) is 0.509. The van der Waals surface area contributed by atoms with E-state index >= 15 is 0 Å². The van der Waals surface area contributed by atoms with Crippen molar-refractivity contribution in [2.45, 2.75) is 6.42 Å². The monoisotopic (exact) mass is 250 g/mol. The normalized spacial score (nSPS) is 17.2. The van der Waals surface area contributed by atoms with Gasteiger partial charge in [0.15, 0.2) is 0 Å². The molecule has 5 nitrogen and oxygen atoms in total. The first-order chi connectivity index (χ1) is 8.78. The second-order valence-electron chi connectivity index (χ2n) is 4.70. The molecule has 5 heteroatoms. The van der Waals surface area contributed by atoms with E-state index < -0.39 is 0 Å². The maximum Gasteiger partial charge on any atom is 0.0967 e. The number of nitrogens with two attached hydrogens (primary N) is 1. The fourth-order valence-electron chi connectivity index (χ4n) is 2.14. The first-order valence-electron chi connectivity index (χ1n) is 6.43. The van der Waals surface area contributed by atoms with E-state index in [1.54, 1.807) is 0 Å². The average molecular weight is 250 g/mol. The van der Waals surface area contributed by atoms with E-state index in [1.165, 1.54) is 0 Å². The summed E-state index contributed by atoms with van der Waals surface area (Å²) in [4.78, 5) is 4.40. The molecule has 0 unspecified atom stereocenters. The van der Waals surface area contributed by atoms with Crippen LogP contribution in [0.5, 0.6) is 0 Å². The van der Waals surface area contributed by atoms with Gasteiger partial charge in [0, 0.05) is 37.6 Å². The fraction of sp³-hybridized carbons (Fsp3) is 0.538. The van der Waals surface area contributed by atoms with E-state index in [4.69, 9.17) is 10.8 Å². The van der Waals surface area contributed by atoms with Gasteiger partial charge in [-0.05, 0) is 30.7 Å². The van der Waals surface area contributed by atoms with Crippen molar-refractivity contribution in [1.82, 2.24) is 9.80 Å². The van der Waals surface area contributed by atoms with Crippen molar-refractivity contribution in [2.75, 3.05) is 50.6 Å². The van der Waals surface area contributed by atoms with Crippen LogP contribution in [0.4, 0.5) is 11.4 Å². The zero-order chi connectivity index (χ0) is 12.8. The van der Waals surface area contributed by atoms with Gasteiger partial charge >= 0.3 is 0 Å². The standard InChI is InChI=1S/C13H22N4O/c14-12-2-4-13(5-3-12)15-6-1-7-16-8-9-17(10-16)11-18/h2-5,15,18H,1,6-11,14H2. The highest BCUT2D eigenvalue weighted by molar-refractivity contribution is 5.51. The second kappa shape index (κ2) is 6.58. The number of hydrogen-bond donors (Lipinski definition) is 3. The summed E-state index contributed by atoms with van der Waals surface area (Å²) in [6, 6.07) is 7.81. The predicted octanol–water partition coefficient (Wildman–Crippen LogP) is 0.596. The van der Waals surface area contributed by atoms with Crippen LogP contribution in [0.2, 0.25) is 0 Å². The smallest absolute Gasteiger partial charge is 0.0967 e. The van der Waals surface area contributed by atoms with Crippen LogP contribution < -0.4 is 11.1 Å². The van der Waals surface area contributed by atoms with E-state index in [9.17, 15) is 0 Å². The molecular formula is C13H22N4O. The van der Waals surface area contributed by atoms with Crippen LogP contribution in [0, 0.1) is 0 Å². The Morgan fingerprint density at radius 2 is 1.89 bits per heavy atom. The Bertz CT molecular complexity index is 355. The maximum absolute atomic E-state index is 9.00. The molecule has 0 saturated carbocycles. The van der Waals surface area contributed by atoms with Gasteiger partial charge in [0.2, 0.25) is 0 Å². The lowest BCUT2D eigenvalue weighted by Crippen LogP contribution is -2.27. The first kappa shape index (κ1) is 13.1. The lowest BCUT2D eigenvalue weighted by atomic mass is 10.3. The SMILES string of the molecule is Nc1ccc(NCCCN2CCN(CO)C2)cc1. The average Bonchev–Trinajstić information content (AvgIpc) is 2.85. The molecule has 0 atom stereocenters. The van der Waals surface area contributed by atoms with Gasteiger partial charge in [-0.3, -0.25) is 9.80 Å². The Morgan fingerprint density at radius 3 is 2.56 bits per heavy atom. The Morgan fingerprint density at radius 1 is 1.17 bits per heavy atom. The van der Waals surface area contributed by atoms with Gasteiger partial charge in [-0.2, -0.15) is 0 Å². The zero-order valence-electron chi connectivity index (χ0n) is 10.7. The number of benzene rings is 1.